The fourth-order valence-corrected chi connectivity index (χ4v) is 6.19. The number of nitrogens with zero attached hydrogens (tertiary/aromatic N) is 1. The Morgan fingerprint density at radius 3 is 1.72 bits per heavy atom. The van der Waals surface area contributed by atoms with E-state index in [1.54, 1.807) is 36.5 Å². The Bertz CT molecular complexity index is 1250. The van der Waals surface area contributed by atoms with Crippen molar-refractivity contribution in [3.63, 3.8) is 0 Å². The topological polar surface area (TPSA) is 149 Å². The molecular weight excluding hydrogens is 757 g/mol. The second-order valence-corrected chi connectivity index (χ2v) is 17.2. The van der Waals surface area contributed by atoms with Crippen LogP contribution in [-0.4, -0.2) is 97.3 Å². The number of phosphoric acid groups is 1. The average molecular weight is 839 g/mol. The first-order chi connectivity index (χ1) is 27.8. The molecule has 0 bridgehead atoms. The lowest BCUT2D eigenvalue weighted by atomic mass is 10.0. The number of ether oxygens (including phenoxy) is 2. The third-order valence-corrected chi connectivity index (χ3v) is 9.92. The summed E-state index contributed by atoms with van der Waals surface area (Å²) in [6.45, 7) is 4.00. The molecule has 0 aromatic rings. The van der Waals surface area contributed by atoms with Crippen LogP contribution in [0.25, 0.3) is 0 Å². The predicted octanol–water partition coefficient (Wildman–Crippen LogP) is 10.2. The van der Waals surface area contributed by atoms with E-state index >= 15 is 0 Å². The molecule has 3 N–H and O–H groups in total. The molecule has 1 unspecified atom stereocenters. The normalized spacial score (nSPS) is 15.4. The van der Waals surface area contributed by atoms with Crippen molar-refractivity contribution < 1.29 is 52.3 Å². The Labute approximate surface area is 352 Å². The van der Waals surface area contributed by atoms with Crippen LogP contribution < -0.4 is 0 Å². The second kappa shape index (κ2) is 37.4. The van der Waals surface area contributed by atoms with E-state index in [-0.39, 0.29) is 26.1 Å². The number of quaternary nitrogens is 1. The highest BCUT2D eigenvalue weighted by Gasteiger charge is 2.27. The third-order valence-electron chi connectivity index (χ3n) is 8.93. The Morgan fingerprint density at radius 2 is 1.17 bits per heavy atom. The van der Waals surface area contributed by atoms with E-state index in [2.05, 4.69) is 6.92 Å². The van der Waals surface area contributed by atoms with Gasteiger partial charge in [-0.15, -0.1) is 0 Å². The number of unbranched alkanes of at least 4 members (excludes halogenated alkanes) is 12. The Kier molecular flexibility index (Phi) is 35.7. The maximum atomic E-state index is 12.7. The van der Waals surface area contributed by atoms with Crippen molar-refractivity contribution in [2.45, 2.75) is 161 Å². The minimum Gasteiger partial charge on any atom is -0.462 e. The van der Waals surface area contributed by atoms with Crippen LogP contribution in [-0.2, 0) is 32.7 Å². The summed E-state index contributed by atoms with van der Waals surface area (Å²) in [6.07, 6.45) is 38.9. The summed E-state index contributed by atoms with van der Waals surface area (Å²) >= 11 is 0. The van der Waals surface area contributed by atoms with Crippen LogP contribution in [0, 0.1) is 0 Å². The first kappa shape index (κ1) is 55.4. The van der Waals surface area contributed by atoms with Gasteiger partial charge in [0, 0.05) is 12.8 Å². The fraction of sp³-hybridized carbons (Fsp3) is 0.696. The number of carbonyl (C=O) groups is 2. The summed E-state index contributed by atoms with van der Waals surface area (Å²) in [4.78, 5) is 35.3. The molecule has 0 aliphatic rings. The number of likely N-dealkylation sites (N-methyl/N-ethyl adjacent to an activating group) is 1. The van der Waals surface area contributed by atoms with Crippen molar-refractivity contribution in [2.24, 2.45) is 0 Å². The quantitative estimate of drug-likeness (QED) is 0.0137. The van der Waals surface area contributed by atoms with Gasteiger partial charge in [-0.25, -0.2) is 4.57 Å². The number of aliphatic hydroxyl groups excluding tert-OH is 2. The predicted molar refractivity (Wildman–Crippen MR) is 236 cm³/mol. The lowest BCUT2D eigenvalue weighted by molar-refractivity contribution is -0.870. The lowest BCUT2D eigenvalue weighted by Gasteiger charge is -2.24. The van der Waals surface area contributed by atoms with Gasteiger partial charge >= 0.3 is 19.8 Å². The van der Waals surface area contributed by atoms with Crippen LogP contribution in [0.1, 0.15) is 142 Å². The molecule has 0 aromatic heterocycles. The van der Waals surface area contributed by atoms with Crippen LogP contribution >= 0.6 is 7.82 Å². The van der Waals surface area contributed by atoms with Gasteiger partial charge in [0.25, 0.3) is 0 Å². The SMILES string of the molecule is CC/C=C\C[C@H](O)/C=C/C=C\C=C\[C@H](O)C/C=C\C/C=C\CCC(=O)O[C@H](COC(=O)CCCCCCCCCCCCCCC)COP(=O)(O)OCC[N+](C)(C)C. The van der Waals surface area contributed by atoms with E-state index in [1.165, 1.54) is 57.8 Å². The van der Waals surface area contributed by atoms with Gasteiger partial charge < -0.3 is 29.1 Å². The van der Waals surface area contributed by atoms with Crippen molar-refractivity contribution >= 4 is 19.8 Å². The number of esters is 2. The lowest BCUT2D eigenvalue weighted by Crippen LogP contribution is -2.37. The number of carbonyl (C=O) groups excluding carboxylic acids is 2. The van der Waals surface area contributed by atoms with E-state index in [0.29, 0.717) is 43.1 Å². The number of hydrogen-bond donors (Lipinski definition) is 3. The highest BCUT2D eigenvalue weighted by atomic mass is 31.2. The summed E-state index contributed by atoms with van der Waals surface area (Å²) in [7, 11) is 1.35. The van der Waals surface area contributed by atoms with Crippen molar-refractivity contribution in [3.05, 3.63) is 72.9 Å². The summed E-state index contributed by atoms with van der Waals surface area (Å²) in [6, 6.07) is 0. The smallest absolute Gasteiger partial charge is 0.462 e. The molecule has 0 spiro atoms. The third kappa shape index (κ3) is 40.2. The van der Waals surface area contributed by atoms with Gasteiger partial charge in [-0.2, -0.15) is 0 Å². The standard InChI is InChI=1S/C46H80NO10P/c1-6-8-10-11-12-13-14-15-16-17-18-22-30-36-45(50)54-40-44(41-56-58(52,53)55-39-38-47(3,4)5)57-46(51)37-31-23-20-19-21-27-33-43(49)35-29-25-24-28-34-42(48)32-26-9-7-2/h9,20-21,23-29,34-35,42-44,48-49H,6-8,10-19,22,30-33,36-41H2,1-5H3/p+1/b23-20-,25-24-,26-9-,27-21-,34-28+,35-29+/t42-,43+,44+/m0/s1. The molecule has 0 rings (SSSR count). The fourth-order valence-electron chi connectivity index (χ4n) is 5.45. The number of allylic oxidation sites excluding steroid dienone is 8. The molecule has 58 heavy (non-hydrogen) atoms. The minimum atomic E-state index is -4.42. The van der Waals surface area contributed by atoms with Crippen LogP contribution in [0.15, 0.2) is 72.9 Å². The van der Waals surface area contributed by atoms with Crippen molar-refractivity contribution in [1.29, 1.82) is 0 Å². The summed E-state index contributed by atoms with van der Waals surface area (Å²) in [5.74, 6) is -0.970. The minimum absolute atomic E-state index is 0.00437. The van der Waals surface area contributed by atoms with Crippen molar-refractivity contribution in [1.82, 2.24) is 0 Å². The molecule has 0 saturated heterocycles. The molecule has 0 aliphatic carbocycles. The molecule has 0 aliphatic heterocycles. The zero-order valence-corrected chi connectivity index (χ0v) is 37.6. The molecule has 12 heteroatoms. The molecule has 0 fully saturated rings. The maximum absolute atomic E-state index is 12.7. The van der Waals surface area contributed by atoms with Crippen molar-refractivity contribution in [2.75, 3.05) is 47.5 Å². The van der Waals surface area contributed by atoms with Gasteiger partial charge in [-0.05, 0) is 38.5 Å². The average Bonchev–Trinajstić information content (AvgIpc) is 3.16. The molecule has 0 heterocycles. The highest BCUT2D eigenvalue weighted by Crippen LogP contribution is 2.43. The molecule has 0 radical (unpaired) electrons. The first-order valence-electron chi connectivity index (χ1n) is 21.9. The molecule has 334 valence electrons. The highest BCUT2D eigenvalue weighted by molar-refractivity contribution is 7.47. The van der Waals surface area contributed by atoms with E-state index in [1.807, 2.05) is 64.5 Å². The van der Waals surface area contributed by atoms with Gasteiger partial charge in [0.15, 0.2) is 6.10 Å². The zero-order valence-electron chi connectivity index (χ0n) is 36.7. The summed E-state index contributed by atoms with van der Waals surface area (Å²) in [5.41, 5.74) is 0. The zero-order chi connectivity index (χ0) is 43.2. The largest absolute Gasteiger partial charge is 0.472 e. The van der Waals surface area contributed by atoms with Gasteiger partial charge in [-0.3, -0.25) is 18.6 Å². The first-order valence-corrected chi connectivity index (χ1v) is 23.4. The van der Waals surface area contributed by atoms with Crippen LogP contribution in [0.3, 0.4) is 0 Å². The molecule has 0 amide bonds. The summed E-state index contributed by atoms with van der Waals surface area (Å²) in [5, 5.41) is 20.0. The Morgan fingerprint density at radius 1 is 0.638 bits per heavy atom. The molecular formula is C46H81NO10P+. The molecule has 11 nitrogen and oxygen atoms in total. The van der Waals surface area contributed by atoms with E-state index in [0.717, 1.165) is 25.7 Å². The van der Waals surface area contributed by atoms with Crippen LogP contribution in [0.5, 0.6) is 0 Å². The summed E-state index contributed by atoms with van der Waals surface area (Å²) < 4.78 is 34.1. The van der Waals surface area contributed by atoms with E-state index < -0.39 is 44.7 Å². The van der Waals surface area contributed by atoms with Gasteiger partial charge in [0.2, 0.25) is 0 Å². The maximum Gasteiger partial charge on any atom is 0.472 e. The Balaban J connectivity index is 4.62. The van der Waals surface area contributed by atoms with Crippen LogP contribution in [0.2, 0.25) is 0 Å². The van der Waals surface area contributed by atoms with Gasteiger partial charge in [-0.1, -0.05) is 164 Å². The number of phosphoric ester groups is 1. The number of rotatable bonds is 38. The molecule has 0 saturated carbocycles. The van der Waals surface area contributed by atoms with Crippen LogP contribution in [0.4, 0.5) is 0 Å². The monoisotopic (exact) mass is 839 g/mol. The van der Waals surface area contributed by atoms with Crippen molar-refractivity contribution in [3.8, 4) is 0 Å². The second-order valence-electron chi connectivity index (χ2n) is 15.8. The number of aliphatic hydroxyl groups is 2. The molecule has 0 aromatic carbocycles. The van der Waals surface area contributed by atoms with Gasteiger partial charge in [0.1, 0.15) is 19.8 Å². The number of hydrogen-bond acceptors (Lipinski definition) is 9. The van der Waals surface area contributed by atoms with E-state index in [9.17, 15) is 29.3 Å². The Hall–Kier alpha value is -2.63. The van der Waals surface area contributed by atoms with Gasteiger partial charge in [0.05, 0.1) is 40.0 Å². The van der Waals surface area contributed by atoms with E-state index in [4.69, 9.17) is 18.5 Å². The molecule has 4 atom stereocenters.